The Hall–Kier alpha value is -2.05. The van der Waals surface area contributed by atoms with Gasteiger partial charge in [0.2, 0.25) is 5.82 Å². The summed E-state index contributed by atoms with van der Waals surface area (Å²) in [4.78, 5) is 21.5. The standard InChI is InChI=1S/C14H16F2N2O3/c1-8-3-2-4-9(5-8)17-14(19)10-6-12(16)13(18(20)21)7-11(10)15/h6-9H,2-5H2,1H3,(H,17,19). The third-order valence-electron chi connectivity index (χ3n) is 3.75. The van der Waals surface area contributed by atoms with Crippen LogP contribution in [0.25, 0.3) is 0 Å². The number of amides is 1. The van der Waals surface area contributed by atoms with Gasteiger partial charge in [-0.1, -0.05) is 19.8 Å². The molecule has 0 heterocycles. The number of carbonyl (C=O) groups is 1. The molecule has 0 saturated heterocycles. The lowest BCUT2D eigenvalue weighted by Gasteiger charge is -2.27. The van der Waals surface area contributed by atoms with Crippen molar-refractivity contribution in [1.82, 2.24) is 5.32 Å². The van der Waals surface area contributed by atoms with Crippen LogP contribution < -0.4 is 5.32 Å². The molecule has 1 saturated carbocycles. The summed E-state index contributed by atoms with van der Waals surface area (Å²) in [5.41, 5.74) is -1.48. The SMILES string of the molecule is CC1CCCC(NC(=O)c2cc(F)c([N+](=O)[O-])cc2F)C1. The van der Waals surface area contributed by atoms with Gasteiger partial charge in [0, 0.05) is 6.04 Å². The molecule has 5 nitrogen and oxygen atoms in total. The van der Waals surface area contributed by atoms with Crippen molar-refractivity contribution in [2.75, 3.05) is 0 Å². The molecular weight excluding hydrogens is 282 g/mol. The maximum Gasteiger partial charge on any atom is 0.307 e. The van der Waals surface area contributed by atoms with Crippen molar-refractivity contribution in [1.29, 1.82) is 0 Å². The van der Waals surface area contributed by atoms with Crippen LogP contribution in [0, 0.1) is 27.7 Å². The average molecular weight is 298 g/mol. The molecule has 0 aliphatic heterocycles. The topological polar surface area (TPSA) is 72.2 Å². The van der Waals surface area contributed by atoms with E-state index in [0.717, 1.165) is 25.7 Å². The lowest BCUT2D eigenvalue weighted by molar-refractivity contribution is -0.387. The summed E-state index contributed by atoms with van der Waals surface area (Å²) >= 11 is 0. The summed E-state index contributed by atoms with van der Waals surface area (Å²) in [7, 11) is 0. The van der Waals surface area contributed by atoms with Crippen LogP contribution in [0.4, 0.5) is 14.5 Å². The van der Waals surface area contributed by atoms with Gasteiger partial charge in [-0.15, -0.1) is 0 Å². The number of nitrogens with zero attached hydrogens (tertiary/aromatic N) is 1. The van der Waals surface area contributed by atoms with Gasteiger partial charge in [0.05, 0.1) is 16.6 Å². The van der Waals surface area contributed by atoms with Gasteiger partial charge >= 0.3 is 5.69 Å². The van der Waals surface area contributed by atoms with Crippen molar-refractivity contribution in [3.63, 3.8) is 0 Å². The van der Waals surface area contributed by atoms with E-state index in [9.17, 15) is 23.7 Å². The van der Waals surface area contributed by atoms with Crippen LogP contribution in [-0.2, 0) is 0 Å². The van der Waals surface area contributed by atoms with E-state index in [-0.39, 0.29) is 6.04 Å². The summed E-state index contributed by atoms with van der Waals surface area (Å²) in [5, 5.41) is 13.2. The summed E-state index contributed by atoms with van der Waals surface area (Å²) in [6.07, 6.45) is 3.66. The highest BCUT2D eigenvalue weighted by molar-refractivity contribution is 5.95. The fourth-order valence-electron chi connectivity index (χ4n) is 2.68. The van der Waals surface area contributed by atoms with E-state index in [0.29, 0.717) is 18.1 Å². The van der Waals surface area contributed by atoms with E-state index in [4.69, 9.17) is 0 Å². The van der Waals surface area contributed by atoms with Gasteiger partial charge in [-0.05, 0) is 24.8 Å². The van der Waals surface area contributed by atoms with Gasteiger partial charge in [0.1, 0.15) is 5.82 Å². The van der Waals surface area contributed by atoms with Gasteiger partial charge < -0.3 is 5.32 Å². The number of carbonyl (C=O) groups excluding carboxylic acids is 1. The number of halogens is 2. The van der Waals surface area contributed by atoms with Crippen LogP contribution in [0.5, 0.6) is 0 Å². The Bertz CT molecular complexity index is 578. The van der Waals surface area contributed by atoms with Crippen LogP contribution in [0.2, 0.25) is 0 Å². The van der Waals surface area contributed by atoms with Crippen molar-refractivity contribution < 1.29 is 18.5 Å². The molecule has 2 unspecified atom stereocenters. The first-order chi connectivity index (χ1) is 9.88. The molecule has 7 heteroatoms. The van der Waals surface area contributed by atoms with Crippen LogP contribution in [0.3, 0.4) is 0 Å². The molecule has 1 fully saturated rings. The molecule has 0 bridgehead atoms. The molecule has 1 aliphatic rings. The zero-order chi connectivity index (χ0) is 15.6. The van der Waals surface area contributed by atoms with Crippen molar-refractivity contribution in [3.05, 3.63) is 39.4 Å². The number of nitro benzene ring substituents is 1. The minimum atomic E-state index is -1.22. The molecule has 1 amide bonds. The van der Waals surface area contributed by atoms with E-state index in [1.54, 1.807) is 0 Å². The van der Waals surface area contributed by atoms with Crippen molar-refractivity contribution in [2.24, 2.45) is 5.92 Å². The van der Waals surface area contributed by atoms with Gasteiger partial charge in [0.25, 0.3) is 5.91 Å². The van der Waals surface area contributed by atoms with Crippen molar-refractivity contribution in [3.8, 4) is 0 Å². The number of hydrogen-bond acceptors (Lipinski definition) is 3. The zero-order valence-electron chi connectivity index (χ0n) is 11.6. The lowest BCUT2D eigenvalue weighted by Crippen LogP contribution is -2.38. The molecule has 0 aromatic heterocycles. The fourth-order valence-corrected chi connectivity index (χ4v) is 2.68. The highest BCUT2D eigenvalue weighted by Crippen LogP contribution is 2.25. The second-order valence-electron chi connectivity index (χ2n) is 5.48. The number of hydrogen-bond donors (Lipinski definition) is 1. The summed E-state index contributed by atoms with van der Waals surface area (Å²) in [5.74, 6) is -2.57. The fraction of sp³-hybridized carbons (Fsp3) is 0.500. The third-order valence-corrected chi connectivity index (χ3v) is 3.75. The summed E-state index contributed by atoms with van der Waals surface area (Å²) in [6.45, 7) is 2.07. The largest absolute Gasteiger partial charge is 0.349 e. The third kappa shape index (κ3) is 3.53. The normalized spacial score (nSPS) is 21.9. The average Bonchev–Trinajstić information content (AvgIpc) is 2.40. The number of nitrogens with one attached hydrogen (secondary N) is 1. The predicted molar refractivity (Wildman–Crippen MR) is 71.9 cm³/mol. The van der Waals surface area contributed by atoms with E-state index in [1.807, 2.05) is 0 Å². The first-order valence-electron chi connectivity index (χ1n) is 6.82. The highest BCUT2D eigenvalue weighted by atomic mass is 19.1. The van der Waals surface area contributed by atoms with Gasteiger partial charge in [-0.25, -0.2) is 4.39 Å². The molecule has 21 heavy (non-hydrogen) atoms. The minimum absolute atomic E-state index is 0.0705. The monoisotopic (exact) mass is 298 g/mol. The highest BCUT2D eigenvalue weighted by Gasteiger charge is 2.25. The quantitative estimate of drug-likeness (QED) is 0.688. The second-order valence-corrected chi connectivity index (χ2v) is 5.48. The molecule has 1 aliphatic carbocycles. The van der Waals surface area contributed by atoms with Crippen molar-refractivity contribution >= 4 is 11.6 Å². The van der Waals surface area contributed by atoms with Crippen LogP contribution in [0.15, 0.2) is 12.1 Å². The summed E-state index contributed by atoms with van der Waals surface area (Å²) in [6, 6.07) is 0.946. The molecule has 0 radical (unpaired) electrons. The smallest absolute Gasteiger partial charge is 0.307 e. The molecular formula is C14H16F2N2O3. The molecule has 2 rings (SSSR count). The van der Waals surface area contributed by atoms with Crippen LogP contribution >= 0.6 is 0 Å². The Kier molecular flexibility index (Phi) is 4.50. The predicted octanol–water partition coefficient (Wildman–Crippen LogP) is 3.18. The maximum absolute atomic E-state index is 13.7. The first kappa shape index (κ1) is 15.3. The van der Waals surface area contributed by atoms with E-state index >= 15 is 0 Å². The zero-order valence-corrected chi connectivity index (χ0v) is 11.6. The molecule has 1 aromatic rings. The molecule has 1 aromatic carbocycles. The van der Waals surface area contributed by atoms with E-state index in [2.05, 4.69) is 12.2 Å². The van der Waals surface area contributed by atoms with E-state index in [1.165, 1.54) is 0 Å². The molecule has 2 atom stereocenters. The van der Waals surface area contributed by atoms with Crippen LogP contribution in [-0.4, -0.2) is 16.9 Å². The van der Waals surface area contributed by atoms with Gasteiger partial charge in [0.15, 0.2) is 0 Å². The Labute approximate surface area is 120 Å². The lowest BCUT2D eigenvalue weighted by atomic mass is 9.87. The number of nitro groups is 1. The first-order valence-corrected chi connectivity index (χ1v) is 6.82. The summed E-state index contributed by atoms with van der Waals surface area (Å²) < 4.78 is 27.2. The minimum Gasteiger partial charge on any atom is -0.349 e. The Morgan fingerprint density at radius 2 is 2.05 bits per heavy atom. The Morgan fingerprint density at radius 1 is 1.33 bits per heavy atom. The van der Waals surface area contributed by atoms with Crippen molar-refractivity contribution in [2.45, 2.75) is 38.6 Å². The number of benzene rings is 1. The Morgan fingerprint density at radius 3 is 2.67 bits per heavy atom. The van der Waals surface area contributed by atoms with Gasteiger partial charge in [-0.3, -0.25) is 14.9 Å². The molecule has 0 spiro atoms. The van der Waals surface area contributed by atoms with E-state index < -0.39 is 33.7 Å². The van der Waals surface area contributed by atoms with Crippen LogP contribution in [0.1, 0.15) is 43.0 Å². The Balaban J connectivity index is 2.15. The number of rotatable bonds is 3. The molecule has 114 valence electrons. The second kappa shape index (κ2) is 6.15. The van der Waals surface area contributed by atoms with Gasteiger partial charge in [-0.2, -0.15) is 4.39 Å². The molecule has 1 N–H and O–H groups in total. The maximum atomic E-state index is 13.7.